The lowest BCUT2D eigenvalue weighted by Gasteiger charge is -2.11. The number of benzene rings is 2. The molecular weight excluding hydrogens is 369 g/mol. The number of hydrogen-bond donors (Lipinski definition) is 1. The van der Waals surface area contributed by atoms with E-state index in [1.807, 2.05) is 0 Å². The van der Waals surface area contributed by atoms with E-state index in [1.165, 1.54) is 13.0 Å². The Kier molecular flexibility index (Phi) is 5.01. The SMILES string of the molecule is CC(=O)c1cc2c(cc1NC(=O)COc1cc(Cl)cc(Cl)c1)OCO2. The summed E-state index contributed by atoms with van der Waals surface area (Å²) < 4.78 is 15.9. The van der Waals surface area contributed by atoms with Crippen molar-refractivity contribution in [1.29, 1.82) is 0 Å². The first-order valence-corrected chi connectivity index (χ1v) is 8.01. The van der Waals surface area contributed by atoms with Gasteiger partial charge in [-0.3, -0.25) is 9.59 Å². The first kappa shape index (κ1) is 17.4. The number of amides is 1. The molecule has 130 valence electrons. The van der Waals surface area contributed by atoms with E-state index in [1.54, 1.807) is 24.3 Å². The minimum atomic E-state index is -0.447. The highest BCUT2D eigenvalue weighted by atomic mass is 35.5. The summed E-state index contributed by atoms with van der Waals surface area (Å²) in [6.07, 6.45) is 0. The Labute approximate surface area is 153 Å². The lowest BCUT2D eigenvalue weighted by Crippen LogP contribution is -2.21. The largest absolute Gasteiger partial charge is 0.484 e. The molecule has 3 rings (SSSR count). The molecule has 0 atom stereocenters. The van der Waals surface area contributed by atoms with Gasteiger partial charge in [0.05, 0.1) is 5.69 Å². The van der Waals surface area contributed by atoms with Gasteiger partial charge in [-0.2, -0.15) is 0 Å². The number of halogens is 2. The Hall–Kier alpha value is -2.44. The number of anilines is 1. The highest BCUT2D eigenvalue weighted by molar-refractivity contribution is 6.34. The van der Waals surface area contributed by atoms with Crippen molar-refractivity contribution in [1.82, 2.24) is 0 Å². The van der Waals surface area contributed by atoms with Crippen molar-refractivity contribution in [2.75, 3.05) is 18.7 Å². The van der Waals surface area contributed by atoms with Crippen LogP contribution in [0.4, 0.5) is 5.69 Å². The lowest BCUT2D eigenvalue weighted by molar-refractivity contribution is -0.118. The molecule has 1 amide bonds. The second-order valence-corrected chi connectivity index (χ2v) is 6.12. The molecule has 8 heteroatoms. The summed E-state index contributed by atoms with van der Waals surface area (Å²) in [5, 5.41) is 3.44. The fraction of sp³-hybridized carbons (Fsp3) is 0.176. The van der Waals surface area contributed by atoms with Crippen LogP contribution in [0.2, 0.25) is 10.0 Å². The maximum absolute atomic E-state index is 12.1. The van der Waals surface area contributed by atoms with Gasteiger partial charge in [0.25, 0.3) is 5.91 Å². The van der Waals surface area contributed by atoms with Crippen molar-refractivity contribution in [2.24, 2.45) is 0 Å². The summed E-state index contributed by atoms with van der Waals surface area (Å²) >= 11 is 11.8. The zero-order valence-electron chi connectivity index (χ0n) is 13.1. The van der Waals surface area contributed by atoms with Gasteiger partial charge >= 0.3 is 0 Å². The quantitative estimate of drug-likeness (QED) is 0.793. The summed E-state index contributed by atoms with van der Waals surface area (Å²) in [5.74, 6) is 0.634. The Balaban J connectivity index is 1.71. The third-order valence-corrected chi connectivity index (χ3v) is 3.81. The van der Waals surface area contributed by atoms with Crippen molar-refractivity contribution >= 4 is 40.6 Å². The van der Waals surface area contributed by atoms with E-state index in [9.17, 15) is 9.59 Å². The summed E-state index contributed by atoms with van der Waals surface area (Å²) in [7, 11) is 0. The van der Waals surface area contributed by atoms with Crippen LogP contribution in [0.3, 0.4) is 0 Å². The number of ketones is 1. The number of ether oxygens (including phenoxy) is 3. The topological polar surface area (TPSA) is 73.9 Å². The van der Waals surface area contributed by atoms with Gasteiger partial charge in [0.1, 0.15) is 5.75 Å². The first-order chi connectivity index (χ1) is 11.9. The first-order valence-electron chi connectivity index (χ1n) is 7.25. The van der Waals surface area contributed by atoms with Crippen LogP contribution >= 0.6 is 23.2 Å². The van der Waals surface area contributed by atoms with Gasteiger partial charge < -0.3 is 19.5 Å². The molecule has 0 aliphatic carbocycles. The molecule has 1 aliphatic rings. The van der Waals surface area contributed by atoms with Crippen LogP contribution in [0.1, 0.15) is 17.3 Å². The van der Waals surface area contributed by atoms with E-state index in [0.29, 0.717) is 38.5 Å². The zero-order valence-corrected chi connectivity index (χ0v) is 14.6. The van der Waals surface area contributed by atoms with Gasteiger partial charge in [-0.1, -0.05) is 23.2 Å². The second kappa shape index (κ2) is 7.21. The molecule has 2 aromatic rings. The predicted octanol–water partition coefficient (Wildman–Crippen LogP) is 3.94. The predicted molar refractivity (Wildman–Crippen MR) is 93.2 cm³/mol. The van der Waals surface area contributed by atoms with Crippen LogP contribution in [0.25, 0.3) is 0 Å². The van der Waals surface area contributed by atoms with Gasteiger partial charge in [0, 0.05) is 21.7 Å². The number of hydrogen-bond acceptors (Lipinski definition) is 5. The molecule has 0 radical (unpaired) electrons. The zero-order chi connectivity index (χ0) is 18.0. The molecule has 0 saturated carbocycles. The summed E-state index contributed by atoms with van der Waals surface area (Å²) in [5.41, 5.74) is 0.651. The van der Waals surface area contributed by atoms with Crippen molar-refractivity contribution < 1.29 is 23.8 Å². The molecule has 1 heterocycles. The van der Waals surface area contributed by atoms with Crippen molar-refractivity contribution in [3.05, 3.63) is 45.9 Å². The highest BCUT2D eigenvalue weighted by Gasteiger charge is 2.20. The van der Waals surface area contributed by atoms with Gasteiger partial charge in [-0.15, -0.1) is 0 Å². The van der Waals surface area contributed by atoms with Crippen LogP contribution in [0.5, 0.6) is 17.2 Å². The summed E-state index contributed by atoms with van der Waals surface area (Å²) in [4.78, 5) is 23.9. The third-order valence-electron chi connectivity index (χ3n) is 3.37. The van der Waals surface area contributed by atoms with Crippen molar-refractivity contribution in [3.63, 3.8) is 0 Å². The third kappa shape index (κ3) is 4.15. The van der Waals surface area contributed by atoms with Crippen LogP contribution in [0.15, 0.2) is 30.3 Å². The molecule has 0 spiro atoms. The molecule has 0 bridgehead atoms. The fourth-order valence-electron chi connectivity index (χ4n) is 2.28. The smallest absolute Gasteiger partial charge is 0.262 e. The minimum Gasteiger partial charge on any atom is -0.484 e. The number of fused-ring (bicyclic) bond motifs is 1. The minimum absolute atomic E-state index is 0.0721. The van der Waals surface area contributed by atoms with E-state index in [0.717, 1.165) is 0 Å². The number of carbonyl (C=O) groups is 2. The molecule has 0 saturated heterocycles. The van der Waals surface area contributed by atoms with Crippen LogP contribution in [-0.2, 0) is 4.79 Å². The van der Waals surface area contributed by atoms with Crippen LogP contribution in [-0.4, -0.2) is 25.1 Å². The Morgan fingerprint density at radius 1 is 1.08 bits per heavy atom. The summed E-state index contributed by atoms with van der Waals surface area (Å²) in [6.45, 7) is 1.20. The maximum Gasteiger partial charge on any atom is 0.262 e. The normalized spacial score (nSPS) is 12.0. The number of Topliss-reactive ketones (excluding diaryl/α,β-unsaturated/α-hetero) is 1. The molecule has 6 nitrogen and oxygen atoms in total. The van der Waals surface area contributed by atoms with E-state index in [2.05, 4.69) is 5.32 Å². The Morgan fingerprint density at radius 3 is 2.36 bits per heavy atom. The van der Waals surface area contributed by atoms with Crippen LogP contribution in [0, 0.1) is 0 Å². The Bertz CT molecular complexity index is 833. The lowest BCUT2D eigenvalue weighted by atomic mass is 10.1. The number of nitrogens with one attached hydrogen (secondary N) is 1. The van der Waals surface area contributed by atoms with Gasteiger partial charge in [0.15, 0.2) is 23.9 Å². The highest BCUT2D eigenvalue weighted by Crippen LogP contribution is 2.37. The molecule has 0 aromatic heterocycles. The average Bonchev–Trinajstić information content (AvgIpc) is 2.98. The maximum atomic E-state index is 12.1. The fourth-order valence-corrected chi connectivity index (χ4v) is 2.79. The van der Waals surface area contributed by atoms with E-state index in [-0.39, 0.29) is 19.2 Å². The van der Waals surface area contributed by atoms with Crippen LogP contribution < -0.4 is 19.5 Å². The number of rotatable bonds is 5. The monoisotopic (exact) mass is 381 g/mol. The second-order valence-electron chi connectivity index (χ2n) is 5.25. The molecule has 25 heavy (non-hydrogen) atoms. The van der Waals surface area contributed by atoms with Crippen molar-refractivity contribution in [2.45, 2.75) is 6.92 Å². The molecule has 1 aliphatic heterocycles. The number of carbonyl (C=O) groups excluding carboxylic acids is 2. The molecule has 1 N–H and O–H groups in total. The van der Waals surface area contributed by atoms with E-state index < -0.39 is 5.91 Å². The van der Waals surface area contributed by atoms with Gasteiger partial charge in [-0.05, 0) is 31.2 Å². The molecule has 2 aromatic carbocycles. The van der Waals surface area contributed by atoms with Crippen molar-refractivity contribution in [3.8, 4) is 17.2 Å². The average molecular weight is 382 g/mol. The van der Waals surface area contributed by atoms with Gasteiger partial charge in [0.2, 0.25) is 6.79 Å². The molecular formula is C17H13Cl2NO5. The molecule has 0 unspecified atom stereocenters. The Morgan fingerprint density at radius 2 is 1.72 bits per heavy atom. The van der Waals surface area contributed by atoms with Gasteiger partial charge in [-0.25, -0.2) is 0 Å². The van der Waals surface area contributed by atoms with E-state index in [4.69, 9.17) is 37.4 Å². The summed E-state index contributed by atoms with van der Waals surface area (Å²) in [6, 6.07) is 7.73. The van der Waals surface area contributed by atoms with E-state index >= 15 is 0 Å². The molecule has 0 fully saturated rings. The standard InChI is InChI=1S/C17H13Cl2NO5/c1-9(21)13-5-15-16(25-8-24-15)6-14(13)20-17(22)7-23-12-3-10(18)2-11(19)4-12/h2-6H,7-8H2,1H3,(H,20,22).